The highest BCUT2D eigenvalue weighted by Crippen LogP contribution is 2.42. The fourth-order valence-electron chi connectivity index (χ4n) is 3.44. The van der Waals surface area contributed by atoms with Crippen molar-refractivity contribution >= 4 is 17.7 Å². The second-order valence-corrected chi connectivity index (χ2v) is 6.20. The summed E-state index contributed by atoms with van der Waals surface area (Å²) in [6, 6.07) is 6.09. The van der Waals surface area contributed by atoms with Crippen molar-refractivity contribution in [3.63, 3.8) is 0 Å². The van der Waals surface area contributed by atoms with E-state index >= 15 is 0 Å². The van der Waals surface area contributed by atoms with Crippen molar-refractivity contribution in [1.29, 1.82) is 0 Å². The summed E-state index contributed by atoms with van der Waals surface area (Å²) in [4.78, 5) is 38.5. The van der Waals surface area contributed by atoms with Crippen LogP contribution >= 0.6 is 0 Å². The molecule has 2 aliphatic heterocycles. The standard InChI is InChI=1S/C16H16N2O3/c19-13-12(6-3-7-16(17-13)8-9-16)18-14(20)10-4-1-2-5-11(10)15(18)21/h1-2,4-5,12H,3,6-9H2,(H,17,19)/t12-/m0/s1. The summed E-state index contributed by atoms with van der Waals surface area (Å²) < 4.78 is 0. The van der Waals surface area contributed by atoms with Gasteiger partial charge in [-0.15, -0.1) is 0 Å². The molecule has 1 aromatic rings. The molecule has 4 rings (SSSR count). The summed E-state index contributed by atoms with van der Waals surface area (Å²) >= 11 is 0. The molecule has 1 spiro atoms. The van der Waals surface area contributed by atoms with Gasteiger partial charge in [-0.1, -0.05) is 12.1 Å². The molecule has 0 aromatic heterocycles. The van der Waals surface area contributed by atoms with Gasteiger partial charge in [-0.05, 0) is 44.2 Å². The first-order chi connectivity index (χ1) is 10.1. The molecule has 1 saturated carbocycles. The number of benzene rings is 1. The van der Waals surface area contributed by atoms with E-state index in [-0.39, 0.29) is 23.3 Å². The summed E-state index contributed by atoms with van der Waals surface area (Å²) in [5.74, 6) is -0.871. The Kier molecular flexibility index (Phi) is 2.49. The van der Waals surface area contributed by atoms with Gasteiger partial charge in [0.05, 0.1) is 11.1 Å². The zero-order chi connectivity index (χ0) is 14.6. The maximum atomic E-state index is 12.5. The molecule has 0 radical (unpaired) electrons. The van der Waals surface area contributed by atoms with Crippen molar-refractivity contribution in [3.05, 3.63) is 35.4 Å². The van der Waals surface area contributed by atoms with Gasteiger partial charge in [-0.3, -0.25) is 19.3 Å². The summed E-state index contributed by atoms with van der Waals surface area (Å²) in [7, 11) is 0. The SMILES string of the molecule is O=C1NC2(CCC[C@@H]1N1C(=O)c3ccccc3C1=O)CC2. The Balaban J connectivity index is 1.66. The van der Waals surface area contributed by atoms with Gasteiger partial charge in [0.1, 0.15) is 6.04 Å². The quantitative estimate of drug-likeness (QED) is 0.794. The fourth-order valence-corrected chi connectivity index (χ4v) is 3.44. The van der Waals surface area contributed by atoms with Crippen molar-refractivity contribution in [1.82, 2.24) is 10.2 Å². The lowest BCUT2D eigenvalue weighted by Crippen LogP contribution is -2.50. The smallest absolute Gasteiger partial charge is 0.262 e. The predicted molar refractivity (Wildman–Crippen MR) is 74.7 cm³/mol. The van der Waals surface area contributed by atoms with E-state index in [0.29, 0.717) is 17.5 Å². The van der Waals surface area contributed by atoms with Crippen molar-refractivity contribution < 1.29 is 14.4 Å². The van der Waals surface area contributed by atoms with E-state index in [1.807, 2.05) is 0 Å². The minimum absolute atomic E-state index is 0.0511. The van der Waals surface area contributed by atoms with Crippen molar-refractivity contribution in [2.75, 3.05) is 0 Å². The molecule has 3 aliphatic rings. The molecule has 108 valence electrons. The molecule has 2 fully saturated rings. The molecule has 3 amide bonds. The van der Waals surface area contributed by atoms with E-state index in [9.17, 15) is 14.4 Å². The largest absolute Gasteiger partial charge is 0.349 e. The lowest BCUT2D eigenvalue weighted by atomic mass is 10.1. The first-order valence-corrected chi connectivity index (χ1v) is 7.40. The van der Waals surface area contributed by atoms with Gasteiger partial charge in [-0.2, -0.15) is 0 Å². The van der Waals surface area contributed by atoms with E-state index in [0.717, 1.165) is 30.6 Å². The summed E-state index contributed by atoms with van der Waals surface area (Å²) in [6.07, 6.45) is 4.37. The van der Waals surface area contributed by atoms with Crippen LogP contribution in [0, 0.1) is 0 Å². The van der Waals surface area contributed by atoms with Crippen LogP contribution in [0.2, 0.25) is 0 Å². The van der Waals surface area contributed by atoms with Gasteiger partial charge < -0.3 is 5.32 Å². The van der Waals surface area contributed by atoms with Gasteiger partial charge >= 0.3 is 0 Å². The molecular weight excluding hydrogens is 268 g/mol. The van der Waals surface area contributed by atoms with Gasteiger partial charge in [-0.25, -0.2) is 0 Å². The molecule has 2 heterocycles. The van der Waals surface area contributed by atoms with Gasteiger partial charge in [0.25, 0.3) is 11.8 Å². The van der Waals surface area contributed by atoms with Crippen LogP contribution in [0.4, 0.5) is 0 Å². The summed E-state index contributed by atoms with van der Waals surface area (Å²) in [6.45, 7) is 0. The number of amides is 3. The number of nitrogens with one attached hydrogen (secondary N) is 1. The number of carbonyl (C=O) groups is 3. The van der Waals surface area contributed by atoms with Gasteiger partial charge in [0.2, 0.25) is 5.91 Å². The number of hydrogen-bond donors (Lipinski definition) is 1. The van der Waals surface area contributed by atoms with E-state index in [4.69, 9.17) is 0 Å². The Bertz CT molecular complexity index is 628. The van der Waals surface area contributed by atoms with Gasteiger partial charge in [0, 0.05) is 5.54 Å². The first kappa shape index (κ1) is 12.6. The Morgan fingerprint density at radius 1 is 1.00 bits per heavy atom. The molecule has 1 aliphatic carbocycles. The average molecular weight is 284 g/mol. The van der Waals surface area contributed by atoms with Crippen LogP contribution in [0.5, 0.6) is 0 Å². The molecule has 5 heteroatoms. The van der Waals surface area contributed by atoms with Crippen LogP contribution < -0.4 is 5.32 Å². The highest BCUT2D eigenvalue weighted by atomic mass is 16.2. The Hall–Kier alpha value is -2.17. The van der Waals surface area contributed by atoms with E-state index in [1.165, 1.54) is 0 Å². The maximum absolute atomic E-state index is 12.5. The van der Waals surface area contributed by atoms with Crippen LogP contribution in [0.1, 0.15) is 52.8 Å². The van der Waals surface area contributed by atoms with E-state index in [1.54, 1.807) is 24.3 Å². The monoisotopic (exact) mass is 284 g/mol. The van der Waals surface area contributed by atoms with Crippen LogP contribution in [0.15, 0.2) is 24.3 Å². The minimum atomic E-state index is -0.669. The summed E-state index contributed by atoms with van der Waals surface area (Å²) in [5.41, 5.74) is 0.756. The number of carbonyl (C=O) groups excluding carboxylic acids is 3. The minimum Gasteiger partial charge on any atom is -0.349 e. The Labute approximate surface area is 122 Å². The highest BCUT2D eigenvalue weighted by Gasteiger charge is 2.50. The van der Waals surface area contributed by atoms with Crippen molar-refractivity contribution in [3.8, 4) is 0 Å². The fraction of sp³-hybridized carbons (Fsp3) is 0.438. The maximum Gasteiger partial charge on any atom is 0.262 e. The van der Waals surface area contributed by atoms with Crippen LogP contribution in [0.3, 0.4) is 0 Å². The van der Waals surface area contributed by atoms with Crippen LogP contribution in [0.25, 0.3) is 0 Å². The lowest BCUT2D eigenvalue weighted by Gasteiger charge is -2.24. The highest BCUT2D eigenvalue weighted by molar-refractivity contribution is 6.22. The zero-order valence-electron chi connectivity index (χ0n) is 11.6. The van der Waals surface area contributed by atoms with E-state index in [2.05, 4.69) is 5.32 Å². The predicted octanol–water partition coefficient (Wildman–Crippen LogP) is 1.48. The topological polar surface area (TPSA) is 66.5 Å². The normalized spacial score (nSPS) is 26.6. The number of imide groups is 1. The second-order valence-electron chi connectivity index (χ2n) is 6.20. The Morgan fingerprint density at radius 2 is 1.62 bits per heavy atom. The number of hydrogen-bond acceptors (Lipinski definition) is 3. The second kappa shape index (κ2) is 4.16. The number of fused-ring (bicyclic) bond motifs is 1. The molecule has 5 nitrogen and oxygen atoms in total. The molecule has 1 aromatic carbocycles. The van der Waals surface area contributed by atoms with E-state index < -0.39 is 6.04 Å². The van der Waals surface area contributed by atoms with Gasteiger partial charge in [0.15, 0.2) is 0 Å². The number of nitrogens with zero attached hydrogens (tertiary/aromatic N) is 1. The van der Waals surface area contributed by atoms with Crippen LogP contribution in [-0.2, 0) is 4.79 Å². The molecule has 1 N–H and O–H groups in total. The Morgan fingerprint density at radius 3 is 2.19 bits per heavy atom. The van der Waals surface area contributed by atoms with Crippen LogP contribution in [-0.4, -0.2) is 34.2 Å². The van der Waals surface area contributed by atoms with Crippen molar-refractivity contribution in [2.24, 2.45) is 0 Å². The molecule has 21 heavy (non-hydrogen) atoms. The third kappa shape index (κ3) is 1.80. The van der Waals surface area contributed by atoms with Crippen molar-refractivity contribution in [2.45, 2.75) is 43.7 Å². The summed E-state index contributed by atoms with van der Waals surface area (Å²) in [5, 5.41) is 3.04. The third-order valence-electron chi connectivity index (χ3n) is 4.81. The molecule has 1 saturated heterocycles. The number of rotatable bonds is 1. The average Bonchev–Trinajstić information content (AvgIpc) is 3.22. The third-order valence-corrected chi connectivity index (χ3v) is 4.81. The lowest BCUT2D eigenvalue weighted by molar-refractivity contribution is -0.125. The molecule has 1 atom stereocenters. The zero-order valence-corrected chi connectivity index (χ0v) is 11.6. The molecule has 0 bridgehead atoms. The first-order valence-electron chi connectivity index (χ1n) is 7.40. The molecular formula is C16H16N2O3. The molecule has 0 unspecified atom stereocenters.